The van der Waals surface area contributed by atoms with Crippen molar-refractivity contribution < 1.29 is 22.8 Å². The summed E-state index contributed by atoms with van der Waals surface area (Å²) in [5.41, 5.74) is 0.0389. The van der Waals surface area contributed by atoms with E-state index in [4.69, 9.17) is 0 Å². The van der Waals surface area contributed by atoms with Crippen molar-refractivity contribution in [2.75, 3.05) is 26.2 Å². The van der Waals surface area contributed by atoms with E-state index in [0.29, 0.717) is 31.7 Å². The molecule has 0 saturated carbocycles. The Balaban J connectivity index is 1.43. The lowest BCUT2D eigenvalue weighted by atomic mass is 10.0. The van der Waals surface area contributed by atoms with Gasteiger partial charge in [0.05, 0.1) is 5.56 Å². The number of alkyl halides is 3. The van der Waals surface area contributed by atoms with E-state index in [1.54, 1.807) is 15.9 Å². The van der Waals surface area contributed by atoms with Crippen LogP contribution in [-0.2, 0) is 6.18 Å². The zero-order valence-electron chi connectivity index (χ0n) is 16.0. The zero-order valence-corrected chi connectivity index (χ0v) is 16.0. The summed E-state index contributed by atoms with van der Waals surface area (Å²) in [5.74, 6) is -0.422. The first-order chi connectivity index (χ1) is 14.3. The van der Waals surface area contributed by atoms with Gasteiger partial charge in [-0.1, -0.05) is 36.4 Å². The molecule has 30 heavy (non-hydrogen) atoms. The van der Waals surface area contributed by atoms with Crippen molar-refractivity contribution in [1.82, 2.24) is 9.80 Å². The summed E-state index contributed by atoms with van der Waals surface area (Å²) in [5, 5.41) is 1.87. The van der Waals surface area contributed by atoms with Crippen molar-refractivity contribution in [2.45, 2.75) is 6.18 Å². The summed E-state index contributed by atoms with van der Waals surface area (Å²) in [6.07, 6.45) is -4.44. The number of hydrogen-bond donors (Lipinski definition) is 0. The van der Waals surface area contributed by atoms with Gasteiger partial charge >= 0.3 is 6.18 Å². The molecule has 0 aromatic heterocycles. The smallest absolute Gasteiger partial charge is 0.335 e. The van der Waals surface area contributed by atoms with E-state index in [-0.39, 0.29) is 17.4 Å². The van der Waals surface area contributed by atoms with Crippen molar-refractivity contribution in [1.29, 1.82) is 0 Å². The molecule has 0 radical (unpaired) electrons. The van der Waals surface area contributed by atoms with Crippen LogP contribution in [0.2, 0.25) is 0 Å². The largest absolute Gasteiger partial charge is 0.416 e. The predicted octanol–water partition coefficient (Wildman–Crippen LogP) is 4.46. The van der Waals surface area contributed by atoms with E-state index < -0.39 is 11.7 Å². The van der Waals surface area contributed by atoms with E-state index in [1.807, 2.05) is 36.4 Å². The zero-order chi connectivity index (χ0) is 21.3. The third-order valence-electron chi connectivity index (χ3n) is 5.33. The number of amides is 2. The molecular formula is C23H19F3N2O2. The Morgan fingerprint density at radius 2 is 1.27 bits per heavy atom. The predicted molar refractivity (Wildman–Crippen MR) is 107 cm³/mol. The minimum absolute atomic E-state index is 0.0894. The highest BCUT2D eigenvalue weighted by Crippen LogP contribution is 2.29. The van der Waals surface area contributed by atoms with Crippen LogP contribution in [-0.4, -0.2) is 47.8 Å². The third-order valence-corrected chi connectivity index (χ3v) is 5.33. The molecule has 0 N–H and O–H groups in total. The van der Waals surface area contributed by atoms with Crippen LogP contribution >= 0.6 is 0 Å². The van der Waals surface area contributed by atoms with Crippen molar-refractivity contribution in [3.05, 3.63) is 83.4 Å². The number of halogens is 3. The van der Waals surface area contributed by atoms with Gasteiger partial charge in [-0.15, -0.1) is 0 Å². The van der Waals surface area contributed by atoms with Crippen LogP contribution in [0.5, 0.6) is 0 Å². The maximum atomic E-state index is 13.0. The molecule has 1 heterocycles. The van der Waals surface area contributed by atoms with Gasteiger partial charge in [0.2, 0.25) is 0 Å². The summed E-state index contributed by atoms with van der Waals surface area (Å²) in [7, 11) is 0. The maximum Gasteiger partial charge on any atom is 0.416 e. The third kappa shape index (κ3) is 3.87. The fourth-order valence-corrected chi connectivity index (χ4v) is 3.68. The SMILES string of the molecule is O=C(c1ccc(C(F)(F)F)cc1)N1CCN(C(=O)c2cccc3ccccc23)CC1. The van der Waals surface area contributed by atoms with Crippen LogP contribution in [0, 0.1) is 0 Å². The monoisotopic (exact) mass is 412 g/mol. The molecule has 0 atom stereocenters. The summed E-state index contributed by atoms with van der Waals surface area (Å²) in [4.78, 5) is 28.9. The van der Waals surface area contributed by atoms with Gasteiger partial charge in [0.1, 0.15) is 0 Å². The average molecular weight is 412 g/mol. The molecule has 3 aromatic rings. The van der Waals surface area contributed by atoms with Gasteiger partial charge in [0.25, 0.3) is 11.8 Å². The Morgan fingerprint density at radius 3 is 1.90 bits per heavy atom. The molecule has 0 bridgehead atoms. The van der Waals surface area contributed by atoms with Crippen molar-refractivity contribution in [2.24, 2.45) is 0 Å². The second-order valence-electron chi connectivity index (χ2n) is 7.19. The van der Waals surface area contributed by atoms with Gasteiger partial charge in [-0.3, -0.25) is 9.59 Å². The van der Waals surface area contributed by atoms with E-state index in [1.165, 1.54) is 12.1 Å². The molecule has 0 spiro atoms. The molecule has 4 nitrogen and oxygen atoms in total. The molecule has 1 fully saturated rings. The van der Waals surface area contributed by atoms with Gasteiger partial charge < -0.3 is 9.80 Å². The first-order valence-electron chi connectivity index (χ1n) is 9.58. The number of piperazine rings is 1. The number of benzene rings is 3. The van der Waals surface area contributed by atoms with Gasteiger partial charge in [-0.05, 0) is 41.1 Å². The van der Waals surface area contributed by atoms with E-state index >= 15 is 0 Å². The van der Waals surface area contributed by atoms with Gasteiger partial charge in [0.15, 0.2) is 0 Å². The number of carbonyl (C=O) groups is 2. The fraction of sp³-hybridized carbons (Fsp3) is 0.217. The van der Waals surface area contributed by atoms with E-state index in [0.717, 1.165) is 22.9 Å². The van der Waals surface area contributed by atoms with Crippen LogP contribution in [0.4, 0.5) is 13.2 Å². The Hall–Kier alpha value is -3.35. The molecule has 3 aromatic carbocycles. The first-order valence-corrected chi connectivity index (χ1v) is 9.58. The average Bonchev–Trinajstić information content (AvgIpc) is 2.77. The Bertz CT molecular complexity index is 1080. The molecular weight excluding hydrogens is 393 g/mol. The second kappa shape index (κ2) is 7.82. The highest BCUT2D eigenvalue weighted by atomic mass is 19.4. The highest BCUT2D eigenvalue weighted by Gasteiger charge is 2.31. The van der Waals surface area contributed by atoms with Crippen LogP contribution in [0.15, 0.2) is 66.7 Å². The molecule has 7 heteroatoms. The molecule has 154 valence electrons. The molecule has 4 rings (SSSR count). The number of fused-ring (bicyclic) bond motifs is 1. The first kappa shape index (κ1) is 19.9. The van der Waals surface area contributed by atoms with Crippen molar-refractivity contribution in [3.8, 4) is 0 Å². The normalized spacial score (nSPS) is 14.8. The highest BCUT2D eigenvalue weighted by molar-refractivity contribution is 6.07. The van der Waals surface area contributed by atoms with Gasteiger partial charge in [-0.2, -0.15) is 13.2 Å². The van der Waals surface area contributed by atoms with Crippen molar-refractivity contribution in [3.63, 3.8) is 0 Å². The van der Waals surface area contributed by atoms with Gasteiger partial charge in [0, 0.05) is 37.3 Å². The molecule has 1 aliphatic heterocycles. The fourth-order valence-electron chi connectivity index (χ4n) is 3.68. The molecule has 1 aliphatic rings. The number of nitrogens with zero attached hydrogens (tertiary/aromatic N) is 2. The molecule has 1 saturated heterocycles. The minimum atomic E-state index is -4.44. The van der Waals surface area contributed by atoms with E-state index in [2.05, 4.69) is 0 Å². The number of rotatable bonds is 2. The van der Waals surface area contributed by atoms with Crippen LogP contribution in [0.1, 0.15) is 26.3 Å². The summed E-state index contributed by atoms with van der Waals surface area (Å²) in [6.45, 7) is 1.40. The summed E-state index contributed by atoms with van der Waals surface area (Å²) < 4.78 is 38.1. The Morgan fingerprint density at radius 1 is 0.700 bits per heavy atom. The summed E-state index contributed by atoms with van der Waals surface area (Å²) >= 11 is 0. The maximum absolute atomic E-state index is 13.0. The topological polar surface area (TPSA) is 40.6 Å². The van der Waals surface area contributed by atoms with Gasteiger partial charge in [-0.25, -0.2) is 0 Å². The Kier molecular flexibility index (Phi) is 5.20. The van der Waals surface area contributed by atoms with Crippen LogP contribution in [0.25, 0.3) is 10.8 Å². The quantitative estimate of drug-likeness (QED) is 0.624. The van der Waals surface area contributed by atoms with Crippen LogP contribution < -0.4 is 0 Å². The lowest BCUT2D eigenvalue weighted by Gasteiger charge is -2.35. The summed E-state index contributed by atoms with van der Waals surface area (Å²) in [6, 6.07) is 17.5. The van der Waals surface area contributed by atoms with Crippen LogP contribution in [0.3, 0.4) is 0 Å². The van der Waals surface area contributed by atoms with E-state index in [9.17, 15) is 22.8 Å². The second-order valence-corrected chi connectivity index (χ2v) is 7.19. The van der Waals surface area contributed by atoms with Crippen molar-refractivity contribution >= 4 is 22.6 Å². The minimum Gasteiger partial charge on any atom is -0.335 e. The Labute approximate surface area is 171 Å². The molecule has 0 aliphatic carbocycles. The standard InChI is InChI=1S/C23H19F3N2O2/c24-23(25,26)18-10-8-17(9-11-18)21(29)27-12-14-28(15-13-27)22(30)20-7-3-5-16-4-1-2-6-19(16)20/h1-11H,12-15H2. The number of hydrogen-bond acceptors (Lipinski definition) is 2. The molecule has 2 amide bonds. The molecule has 0 unspecified atom stereocenters. The lowest BCUT2D eigenvalue weighted by molar-refractivity contribution is -0.137. The lowest BCUT2D eigenvalue weighted by Crippen LogP contribution is -2.50. The number of carbonyl (C=O) groups excluding carboxylic acids is 2.